The molecule has 2 aliphatic heterocycles. The van der Waals surface area contributed by atoms with Crippen molar-refractivity contribution in [2.75, 3.05) is 42.9 Å². The van der Waals surface area contributed by atoms with Gasteiger partial charge in [0.1, 0.15) is 11.6 Å². The molecule has 0 spiro atoms. The predicted octanol–water partition coefficient (Wildman–Crippen LogP) is 0.748. The zero-order valence-corrected chi connectivity index (χ0v) is 11.6. The fraction of sp³-hybridized carbons (Fsp3) is 0.500. The van der Waals surface area contributed by atoms with Gasteiger partial charge in [0.2, 0.25) is 5.91 Å². The first-order chi connectivity index (χ1) is 9.65. The zero-order valence-electron chi connectivity index (χ0n) is 11.6. The zero-order chi connectivity index (χ0) is 14.1. The van der Waals surface area contributed by atoms with Gasteiger partial charge in [0, 0.05) is 46.1 Å². The van der Waals surface area contributed by atoms with Gasteiger partial charge in [0.05, 0.1) is 5.56 Å². The molecule has 0 bridgehead atoms. The lowest BCUT2D eigenvalue weighted by Crippen LogP contribution is -2.48. The van der Waals surface area contributed by atoms with Gasteiger partial charge in [0.25, 0.3) is 0 Å². The molecule has 0 saturated carbocycles. The third-order valence-electron chi connectivity index (χ3n) is 3.87. The van der Waals surface area contributed by atoms with E-state index in [1.54, 1.807) is 6.92 Å². The highest BCUT2D eigenvalue weighted by atomic mass is 16.2. The number of amides is 1. The molecule has 1 aromatic rings. The normalized spacial score (nSPS) is 18.6. The van der Waals surface area contributed by atoms with Crippen LogP contribution < -0.4 is 10.2 Å². The number of hydrogen-bond donors (Lipinski definition) is 1. The number of nitrogens with zero attached hydrogens (tertiary/aromatic N) is 3. The second kappa shape index (κ2) is 5.11. The van der Waals surface area contributed by atoms with Crippen LogP contribution in [0.5, 0.6) is 0 Å². The summed E-state index contributed by atoms with van der Waals surface area (Å²) in [5, 5.41) is 3.18. The smallest absolute Gasteiger partial charge is 0.219 e. The van der Waals surface area contributed by atoms with Crippen molar-refractivity contribution in [2.24, 2.45) is 0 Å². The molecule has 0 atom stereocenters. The Bertz CT molecular complexity index is 550. The Morgan fingerprint density at radius 3 is 2.70 bits per heavy atom. The van der Waals surface area contributed by atoms with Crippen molar-refractivity contribution < 1.29 is 9.59 Å². The van der Waals surface area contributed by atoms with E-state index in [0.717, 1.165) is 32.0 Å². The largest absolute Gasteiger partial charge is 0.369 e. The van der Waals surface area contributed by atoms with E-state index in [1.807, 2.05) is 17.0 Å². The molecular weight excluding hydrogens is 256 g/mol. The summed E-state index contributed by atoms with van der Waals surface area (Å²) < 4.78 is 0. The van der Waals surface area contributed by atoms with Crippen LogP contribution in [0.2, 0.25) is 0 Å². The minimum atomic E-state index is 0.121. The van der Waals surface area contributed by atoms with E-state index in [-0.39, 0.29) is 11.7 Å². The molecule has 1 aromatic heterocycles. The van der Waals surface area contributed by atoms with Gasteiger partial charge in [-0.15, -0.1) is 0 Å². The number of hydrogen-bond acceptors (Lipinski definition) is 5. The number of ketones is 1. The highest BCUT2D eigenvalue weighted by Crippen LogP contribution is 2.24. The lowest BCUT2D eigenvalue weighted by atomic mass is 10.1. The summed E-state index contributed by atoms with van der Waals surface area (Å²) >= 11 is 0. The van der Waals surface area contributed by atoms with Crippen molar-refractivity contribution in [3.8, 4) is 0 Å². The minimum absolute atomic E-state index is 0.121. The fourth-order valence-electron chi connectivity index (χ4n) is 2.66. The van der Waals surface area contributed by atoms with Gasteiger partial charge < -0.3 is 15.1 Å². The summed E-state index contributed by atoms with van der Waals surface area (Å²) in [6, 6.07) is 3.75. The van der Waals surface area contributed by atoms with E-state index in [0.29, 0.717) is 24.3 Å². The Hall–Kier alpha value is -2.11. The summed E-state index contributed by atoms with van der Waals surface area (Å²) in [5.74, 6) is 1.83. The van der Waals surface area contributed by atoms with Gasteiger partial charge in [-0.1, -0.05) is 0 Å². The first kappa shape index (κ1) is 12.9. The molecule has 0 unspecified atom stereocenters. The monoisotopic (exact) mass is 274 g/mol. The van der Waals surface area contributed by atoms with Gasteiger partial charge in [-0.2, -0.15) is 0 Å². The van der Waals surface area contributed by atoms with Crippen molar-refractivity contribution >= 4 is 23.3 Å². The summed E-state index contributed by atoms with van der Waals surface area (Å²) in [5.41, 5.74) is 0.683. The molecule has 0 radical (unpaired) electrons. The SMILES string of the molecule is CC(=O)N1CCN(c2ccc3c(n2)NCCC3=O)CC1. The van der Waals surface area contributed by atoms with Crippen molar-refractivity contribution in [1.29, 1.82) is 0 Å². The maximum absolute atomic E-state index is 11.8. The van der Waals surface area contributed by atoms with Crippen LogP contribution in [-0.4, -0.2) is 54.3 Å². The number of rotatable bonds is 1. The van der Waals surface area contributed by atoms with Gasteiger partial charge in [0.15, 0.2) is 5.78 Å². The summed E-state index contributed by atoms with van der Waals surface area (Å²) in [4.78, 5) is 31.6. The second-order valence-electron chi connectivity index (χ2n) is 5.16. The number of fused-ring (bicyclic) bond motifs is 1. The molecule has 2 aliphatic rings. The second-order valence-corrected chi connectivity index (χ2v) is 5.16. The molecule has 3 rings (SSSR count). The Balaban J connectivity index is 1.76. The maximum atomic E-state index is 11.8. The number of piperazine rings is 1. The van der Waals surface area contributed by atoms with E-state index in [2.05, 4.69) is 15.2 Å². The van der Waals surface area contributed by atoms with Crippen LogP contribution >= 0.6 is 0 Å². The quantitative estimate of drug-likeness (QED) is 0.818. The molecular formula is C14H18N4O2. The number of pyridine rings is 1. The Morgan fingerprint density at radius 1 is 1.25 bits per heavy atom. The van der Waals surface area contributed by atoms with Crippen LogP contribution in [0.3, 0.4) is 0 Å². The summed E-state index contributed by atoms with van der Waals surface area (Å²) in [6.07, 6.45) is 0.533. The molecule has 3 heterocycles. The van der Waals surface area contributed by atoms with Crippen LogP contribution in [-0.2, 0) is 4.79 Å². The third kappa shape index (κ3) is 2.33. The molecule has 1 N–H and O–H groups in total. The number of carbonyl (C=O) groups is 2. The van der Waals surface area contributed by atoms with Crippen LogP contribution in [0.1, 0.15) is 23.7 Å². The van der Waals surface area contributed by atoms with Crippen LogP contribution in [0, 0.1) is 0 Å². The Labute approximate surface area is 117 Å². The molecule has 6 heteroatoms. The van der Waals surface area contributed by atoms with Crippen molar-refractivity contribution in [3.63, 3.8) is 0 Å². The molecule has 1 saturated heterocycles. The highest BCUT2D eigenvalue weighted by Gasteiger charge is 2.22. The standard InChI is InChI=1S/C14H18N4O2/c1-10(19)17-6-8-18(9-7-17)13-3-2-11-12(20)4-5-15-14(11)16-13/h2-3H,4-9H2,1H3,(H,15,16). The molecule has 20 heavy (non-hydrogen) atoms. The van der Waals surface area contributed by atoms with Gasteiger partial charge in [-0.3, -0.25) is 9.59 Å². The first-order valence-corrected chi connectivity index (χ1v) is 6.94. The van der Waals surface area contributed by atoms with Crippen LogP contribution in [0.15, 0.2) is 12.1 Å². The molecule has 0 aliphatic carbocycles. The number of Topliss-reactive ketones (excluding diaryl/α,β-unsaturated/α-hetero) is 1. The fourth-order valence-corrected chi connectivity index (χ4v) is 2.66. The molecule has 6 nitrogen and oxygen atoms in total. The van der Waals surface area contributed by atoms with E-state index in [4.69, 9.17) is 0 Å². The van der Waals surface area contributed by atoms with Crippen LogP contribution in [0.25, 0.3) is 0 Å². The number of anilines is 2. The average Bonchev–Trinajstić information content (AvgIpc) is 2.47. The first-order valence-electron chi connectivity index (χ1n) is 6.94. The van der Waals surface area contributed by atoms with Crippen molar-refractivity contribution in [3.05, 3.63) is 17.7 Å². The number of aromatic nitrogens is 1. The maximum Gasteiger partial charge on any atom is 0.219 e. The van der Waals surface area contributed by atoms with Crippen molar-refractivity contribution in [2.45, 2.75) is 13.3 Å². The van der Waals surface area contributed by atoms with Crippen LogP contribution in [0.4, 0.5) is 11.6 Å². The Morgan fingerprint density at radius 2 is 2.00 bits per heavy atom. The summed E-state index contributed by atoms with van der Waals surface area (Å²) in [7, 11) is 0. The lowest BCUT2D eigenvalue weighted by Gasteiger charge is -2.35. The van der Waals surface area contributed by atoms with E-state index in [1.165, 1.54) is 0 Å². The Kier molecular flexibility index (Phi) is 3.30. The molecule has 1 amide bonds. The summed E-state index contributed by atoms with van der Waals surface area (Å²) in [6.45, 7) is 5.25. The van der Waals surface area contributed by atoms with Gasteiger partial charge >= 0.3 is 0 Å². The van der Waals surface area contributed by atoms with E-state index < -0.39 is 0 Å². The molecule has 0 aromatic carbocycles. The number of nitrogens with one attached hydrogen (secondary N) is 1. The molecule has 1 fully saturated rings. The number of carbonyl (C=O) groups excluding carboxylic acids is 2. The lowest BCUT2D eigenvalue weighted by molar-refractivity contribution is -0.129. The van der Waals surface area contributed by atoms with Gasteiger partial charge in [-0.05, 0) is 12.1 Å². The topological polar surface area (TPSA) is 65.5 Å². The average molecular weight is 274 g/mol. The third-order valence-corrected chi connectivity index (χ3v) is 3.87. The van der Waals surface area contributed by atoms with Crippen molar-refractivity contribution in [1.82, 2.24) is 9.88 Å². The highest BCUT2D eigenvalue weighted by molar-refractivity contribution is 6.02. The predicted molar refractivity (Wildman–Crippen MR) is 76.1 cm³/mol. The minimum Gasteiger partial charge on any atom is -0.369 e. The van der Waals surface area contributed by atoms with E-state index in [9.17, 15) is 9.59 Å². The van der Waals surface area contributed by atoms with E-state index >= 15 is 0 Å². The van der Waals surface area contributed by atoms with Gasteiger partial charge in [-0.25, -0.2) is 4.98 Å². The molecule has 106 valence electrons.